The number of carbonyl (C=O) groups is 1. The molecule has 0 spiro atoms. The molecule has 1 fully saturated rings. The standard InChI is InChI=1S/C13H14Cl2O6S2/c14-10-3-2-9(5-11(10)15)23(20,21)12-7-22(18,19)6-8(12)1-4-13(16)17/h2-3,5,8,12H,1,4,6-7H2,(H,16,17)/t8-,12-/m0/s1. The molecule has 1 aliphatic rings. The van der Waals surface area contributed by atoms with Crippen molar-refractivity contribution in [3.8, 4) is 0 Å². The molecule has 128 valence electrons. The van der Waals surface area contributed by atoms with Gasteiger partial charge in [0.1, 0.15) is 0 Å². The third-order valence-electron chi connectivity index (χ3n) is 3.76. The van der Waals surface area contributed by atoms with Gasteiger partial charge in [0.2, 0.25) is 0 Å². The van der Waals surface area contributed by atoms with E-state index in [1.807, 2.05) is 0 Å². The SMILES string of the molecule is O=C(O)CC[C@H]1CS(=O)(=O)C[C@@H]1S(=O)(=O)c1ccc(Cl)c(Cl)c1. The van der Waals surface area contributed by atoms with Gasteiger partial charge in [-0.15, -0.1) is 0 Å². The van der Waals surface area contributed by atoms with E-state index in [2.05, 4.69) is 0 Å². The fourth-order valence-electron chi connectivity index (χ4n) is 2.64. The highest BCUT2D eigenvalue weighted by atomic mass is 35.5. The number of sulfone groups is 2. The fraction of sp³-hybridized carbons (Fsp3) is 0.462. The molecule has 0 unspecified atom stereocenters. The molecule has 0 saturated carbocycles. The molecule has 1 aliphatic heterocycles. The summed E-state index contributed by atoms with van der Waals surface area (Å²) in [5.41, 5.74) is 0. The number of aliphatic carboxylic acids is 1. The van der Waals surface area contributed by atoms with Gasteiger partial charge < -0.3 is 5.11 Å². The molecule has 1 aromatic carbocycles. The Labute approximate surface area is 144 Å². The van der Waals surface area contributed by atoms with E-state index >= 15 is 0 Å². The molecule has 0 bridgehead atoms. The van der Waals surface area contributed by atoms with E-state index in [4.69, 9.17) is 28.3 Å². The minimum absolute atomic E-state index is 0.0141. The second-order valence-electron chi connectivity index (χ2n) is 5.43. The van der Waals surface area contributed by atoms with E-state index in [9.17, 15) is 21.6 Å². The smallest absolute Gasteiger partial charge is 0.303 e. The number of hydrogen-bond acceptors (Lipinski definition) is 5. The molecule has 1 heterocycles. The Morgan fingerprint density at radius 2 is 1.87 bits per heavy atom. The number of carboxylic acid groups (broad SMARTS) is 1. The van der Waals surface area contributed by atoms with Gasteiger partial charge in [-0.3, -0.25) is 4.79 Å². The third-order valence-corrected chi connectivity index (χ3v) is 8.77. The first-order chi connectivity index (χ1) is 10.5. The molecule has 10 heteroatoms. The molecule has 1 N–H and O–H groups in total. The van der Waals surface area contributed by atoms with E-state index < -0.39 is 42.6 Å². The lowest BCUT2D eigenvalue weighted by Crippen LogP contribution is -2.29. The Balaban J connectivity index is 2.38. The maximum atomic E-state index is 12.7. The zero-order valence-electron chi connectivity index (χ0n) is 11.8. The second-order valence-corrected chi connectivity index (χ2v) is 10.6. The zero-order valence-corrected chi connectivity index (χ0v) is 14.9. The van der Waals surface area contributed by atoms with E-state index in [0.717, 1.165) is 0 Å². The molecule has 0 aliphatic carbocycles. The third kappa shape index (κ3) is 4.17. The van der Waals surface area contributed by atoms with Crippen LogP contribution in [0.3, 0.4) is 0 Å². The maximum absolute atomic E-state index is 12.7. The van der Waals surface area contributed by atoms with Crippen LogP contribution >= 0.6 is 23.2 Å². The summed E-state index contributed by atoms with van der Waals surface area (Å²) in [5, 5.41) is 7.81. The molecule has 0 amide bonds. The minimum atomic E-state index is -3.96. The van der Waals surface area contributed by atoms with Gasteiger partial charge in [0.25, 0.3) is 0 Å². The summed E-state index contributed by atoms with van der Waals surface area (Å²) in [6.45, 7) is 0. The largest absolute Gasteiger partial charge is 0.481 e. The van der Waals surface area contributed by atoms with Crippen LogP contribution in [0.2, 0.25) is 10.0 Å². The highest BCUT2D eigenvalue weighted by Gasteiger charge is 2.45. The van der Waals surface area contributed by atoms with Gasteiger partial charge in [0.15, 0.2) is 19.7 Å². The first-order valence-electron chi connectivity index (χ1n) is 6.64. The molecule has 2 atom stereocenters. The highest BCUT2D eigenvalue weighted by Crippen LogP contribution is 2.34. The van der Waals surface area contributed by atoms with Crippen molar-refractivity contribution in [2.24, 2.45) is 5.92 Å². The molecule has 6 nitrogen and oxygen atoms in total. The van der Waals surface area contributed by atoms with Crippen LogP contribution in [0.25, 0.3) is 0 Å². The van der Waals surface area contributed by atoms with E-state index in [1.165, 1.54) is 18.2 Å². The maximum Gasteiger partial charge on any atom is 0.303 e. The van der Waals surface area contributed by atoms with Crippen molar-refractivity contribution < 1.29 is 26.7 Å². The van der Waals surface area contributed by atoms with Crippen LogP contribution in [0.15, 0.2) is 23.1 Å². The summed E-state index contributed by atoms with van der Waals surface area (Å²) >= 11 is 11.6. The van der Waals surface area contributed by atoms with Gasteiger partial charge in [-0.2, -0.15) is 0 Å². The number of benzene rings is 1. The summed E-state index contributed by atoms with van der Waals surface area (Å²) in [4.78, 5) is 10.6. The van der Waals surface area contributed by atoms with Gasteiger partial charge in [-0.25, -0.2) is 16.8 Å². The molecule has 1 saturated heterocycles. The monoisotopic (exact) mass is 400 g/mol. The number of rotatable bonds is 5. The molecule has 0 aromatic heterocycles. The molecular formula is C13H14Cl2O6S2. The predicted molar refractivity (Wildman–Crippen MR) is 86.4 cm³/mol. The van der Waals surface area contributed by atoms with E-state index in [1.54, 1.807) is 0 Å². The van der Waals surface area contributed by atoms with Crippen LogP contribution in [0.4, 0.5) is 0 Å². The normalized spacial score (nSPS) is 23.7. The van der Waals surface area contributed by atoms with Gasteiger partial charge in [0, 0.05) is 6.42 Å². The summed E-state index contributed by atoms with van der Waals surface area (Å²) in [5.74, 6) is -2.69. The molecule has 23 heavy (non-hydrogen) atoms. The van der Waals surface area contributed by atoms with Gasteiger partial charge in [-0.05, 0) is 30.5 Å². The minimum Gasteiger partial charge on any atom is -0.481 e. The number of halogens is 2. The van der Waals surface area contributed by atoms with Crippen molar-refractivity contribution in [3.63, 3.8) is 0 Å². The van der Waals surface area contributed by atoms with Gasteiger partial charge >= 0.3 is 5.97 Å². The van der Waals surface area contributed by atoms with Crippen LogP contribution in [0, 0.1) is 5.92 Å². The lowest BCUT2D eigenvalue weighted by molar-refractivity contribution is -0.137. The van der Waals surface area contributed by atoms with Gasteiger partial charge in [0.05, 0.1) is 31.7 Å². The summed E-state index contributed by atoms with van der Waals surface area (Å²) in [7, 11) is -7.49. The van der Waals surface area contributed by atoms with Crippen LogP contribution in [0.5, 0.6) is 0 Å². The van der Waals surface area contributed by atoms with Crippen molar-refractivity contribution in [1.29, 1.82) is 0 Å². The summed E-state index contributed by atoms with van der Waals surface area (Å²) in [6.07, 6.45) is -0.298. The Bertz CT molecular complexity index is 832. The van der Waals surface area contributed by atoms with Crippen molar-refractivity contribution in [3.05, 3.63) is 28.2 Å². The van der Waals surface area contributed by atoms with E-state index in [0.29, 0.717) is 0 Å². The number of hydrogen-bond donors (Lipinski definition) is 1. The Kier molecular flexibility index (Phi) is 5.30. The highest BCUT2D eigenvalue weighted by molar-refractivity contribution is 7.96. The Hall–Kier alpha value is -0.830. The average Bonchev–Trinajstić information content (AvgIpc) is 2.75. The lowest BCUT2D eigenvalue weighted by Gasteiger charge is -2.18. The Morgan fingerprint density at radius 1 is 1.22 bits per heavy atom. The fourth-order valence-corrected chi connectivity index (χ4v) is 8.05. The summed E-state index contributed by atoms with van der Waals surface area (Å²) in [6, 6.07) is 3.77. The zero-order chi connectivity index (χ0) is 17.4. The topological polar surface area (TPSA) is 106 Å². The summed E-state index contributed by atoms with van der Waals surface area (Å²) < 4.78 is 49.1. The predicted octanol–water partition coefficient (Wildman–Crippen LogP) is 2.05. The first-order valence-corrected chi connectivity index (χ1v) is 10.8. The molecule has 1 aromatic rings. The average molecular weight is 401 g/mol. The number of carboxylic acids is 1. The van der Waals surface area contributed by atoms with Crippen LogP contribution < -0.4 is 0 Å². The van der Waals surface area contributed by atoms with Crippen molar-refractivity contribution in [2.75, 3.05) is 11.5 Å². The van der Waals surface area contributed by atoms with E-state index in [-0.39, 0.29) is 33.5 Å². The van der Waals surface area contributed by atoms with Crippen molar-refractivity contribution in [1.82, 2.24) is 0 Å². The second kappa shape index (κ2) is 6.58. The molecule has 0 radical (unpaired) electrons. The first kappa shape index (κ1) is 18.5. The van der Waals surface area contributed by atoms with Crippen LogP contribution in [-0.4, -0.2) is 44.7 Å². The van der Waals surface area contributed by atoms with Crippen molar-refractivity contribution in [2.45, 2.75) is 23.0 Å². The quantitative estimate of drug-likeness (QED) is 0.810. The Morgan fingerprint density at radius 3 is 2.43 bits per heavy atom. The van der Waals surface area contributed by atoms with Crippen LogP contribution in [-0.2, 0) is 24.5 Å². The van der Waals surface area contributed by atoms with Crippen molar-refractivity contribution >= 4 is 48.8 Å². The lowest BCUT2D eigenvalue weighted by atomic mass is 10.0. The van der Waals surface area contributed by atoms with Crippen LogP contribution in [0.1, 0.15) is 12.8 Å². The molecular weight excluding hydrogens is 387 g/mol. The molecule has 2 rings (SSSR count). The van der Waals surface area contributed by atoms with Gasteiger partial charge in [-0.1, -0.05) is 23.2 Å².